The largest absolute Gasteiger partial charge is 0.406 e. The van der Waals surface area contributed by atoms with Gasteiger partial charge in [0, 0.05) is 12.6 Å². The molecule has 1 unspecified atom stereocenters. The second-order valence-corrected chi connectivity index (χ2v) is 4.60. The van der Waals surface area contributed by atoms with Crippen molar-refractivity contribution in [2.45, 2.75) is 43.4 Å². The summed E-state index contributed by atoms with van der Waals surface area (Å²) >= 11 is 0. The predicted octanol–water partition coefficient (Wildman–Crippen LogP) is 1.77. The molecule has 5 heteroatoms. The van der Waals surface area contributed by atoms with Crippen LogP contribution in [0.3, 0.4) is 0 Å². The van der Waals surface area contributed by atoms with E-state index in [1.807, 2.05) is 7.05 Å². The van der Waals surface area contributed by atoms with Crippen LogP contribution in [0.25, 0.3) is 0 Å². The fourth-order valence-electron chi connectivity index (χ4n) is 2.50. The van der Waals surface area contributed by atoms with Crippen LogP contribution in [0, 0.1) is 0 Å². The van der Waals surface area contributed by atoms with Gasteiger partial charge in [0.15, 0.2) is 0 Å². The van der Waals surface area contributed by atoms with E-state index in [0.29, 0.717) is 13.1 Å². The van der Waals surface area contributed by atoms with Gasteiger partial charge in [-0.1, -0.05) is 0 Å². The van der Waals surface area contributed by atoms with Crippen LogP contribution in [0.15, 0.2) is 0 Å². The third kappa shape index (κ3) is 1.87. The Morgan fingerprint density at radius 3 is 2.47 bits per heavy atom. The van der Waals surface area contributed by atoms with E-state index in [4.69, 9.17) is 0 Å². The second kappa shape index (κ2) is 3.63. The molecule has 0 radical (unpaired) electrons. The number of likely N-dealkylation sites (tertiary alicyclic amines) is 1. The summed E-state index contributed by atoms with van der Waals surface area (Å²) in [6.07, 6.45) is -1.63. The first-order chi connectivity index (χ1) is 6.99. The van der Waals surface area contributed by atoms with Crippen LogP contribution in [-0.4, -0.2) is 42.8 Å². The Labute approximate surface area is 87.8 Å². The molecule has 2 fully saturated rings. The Bertz CT molecular complexity index is 235. The topological polar surface area (TPSA) is 15.3 Å². The van der Waals surface area contributed by atoms with Crippen molar-refractivity contribution in [1.29, 1.82) is 0 Å². The molecule has 0 aromatic carbocycles. The van der Waals surface area contributed by atoms with Gasteiger partial charge in [-0.2, -0.15) is 13.2 Å². The smallest absolute Gasteiger partial charge is 0.316 e. The lowest BCUT2D eigenvalue weighted by molar-refractivity contribution is -0.199. The number of rotatable bonds is 2. The molecule has 0 amide bonds. The Morgan fingerprint density at radius 1 is 1.33 bits per heavy atom. The third-order valence-electron chi connectivity index (χ3n) is 3.69. The summed E-state index contributed by atoms with van der Waals surface area (Å²) in [7, 11) is 1.82. The molecule has 0 spiro atoms. The summed E-state index contributed by atoms with van der Waals surface area (Å²) in [6, 6.07) is 0.221. The summed E-state index contributed by atoms with van der Waals surface area (Å²) in [5, 5.41) is 3.08. The van der Waals surface area contributed by atoms with Crippen LogP contribution in [0.1, 0.15) is 25.7 Å². The third-order valence-corrected chi connectivity index (χ3v) is 3.69. The van der Waals surface area contributed by atoms with Crippen molar-refractivity contribution in [1.82, 2.24) is 10.2 Å². The average molecular weight is 222 g/mol. The van der Waals surface area contributed by atoms with E-state index in [-0.39, 0.29) is 18.9 Å². The van der Waals surface area contributed by atoms with Gasteiger partial charge < -0.3 is 5.32 Å². The number of hydrogen-bond acceptors (Lipinski definition) is 2. The molecule has 0 bridgehead atoms. The van der Waals surface area contributed by atoms with Gasteiger partial charge in [-0.25, -0.2) is 0 Å². The van der Waals surface area contributed by atoms with Gasteiger partial charge in [-0.05, 0) is 39.3 Å². The standard InChI is InChI=1S/C10H17F3N2/c1-14-8-3-2-6-15(7-8)9(4-5-9)10(11,12)13/h8,14H,2-7H2,1H3. The van der Waals surface area contributed by atoms with Gasteiger partial charge in [0.25, 0.3) is 0 Å². The minimum absolute atomic E-state index is 0.221. The number of piperidine rings is 1. The number of nitrogens with zero attached hydrogens (tertiary/aromatic N) is 1. The highest BCUT2D eigenvalue weighted by Gasteiger charge is 2.66. The van der Waals surface area contributed by atoms with Crippen LogP contribution in [0.4, 0.5) is 13.2 Å². The molecule has 1 heterocycles. The van der Waals surface area contributed by atoms with Crippen molar-refractivity contribution < 1.29 is 13.2 Å². The summed E-state index contributed by atoms with van der Waals surface area (Å²) in [5.74, 6) is 0. The summed E-state index contributed by atoms with van der Waals surface area (Å²) in [6.45, 7) is 1.13. The Hall–Kier alpha value is -0.290. The minimum atomic E-state index is -4.05. The maximum Gasteiger partial charge on any atom is 0.406 e. The highest BCUT2D eigenvalue weighted by molar-refractivity contribution is 5.10. The van der Waals surface area contributed by atoms with E-state index in [2.05, 4.69) is 5.32 Å². The van der Waals surface area contributed by atoms with Crippen LogP contribution in [-0.2, 0) is 0 Å². The van der Waals surface area contributed by atoms with Gasteiger partial charge in [-0.3, -0.25) is 4.90 Å². The maximum absolute atomic E-state index is 12.8. The van der Waals surface area contributed by atoms with Crippen molar-refractivity contribution in [3.05, 3.63) is 0 Å². The zero-order valence-electron chi connectivity index (χ0n) is 8.90. The fraction of sp³-hybridized carbons (Fsp3) is 1.00. The van der Waals surface area contributed by atoms with Crippen molar-refractivity contribution in [2.75, 3.05) is 20.1 Å². The van der Waals surface area contributed by atoms with E-state index >= 15 is 0 Å². The van der Waals surface area contributed by atoms with Crippen molar-refractivity contribution >= 4 is 0 Å². The van der Waals surface area contributed by atoms with Crippen molar-refractivity contribution in [3.63, 3.8) is 0 Å². The average Bonchev–Trinajstić information content (AvgIpc) is 2.97. The van der Waals surface area contributed by atoms with Gasteiger partial charge in [0.05, 0.1) is 0 Å². The quantitative estimate of drug-likeness (QED) is 0.766. The number of nitrogens with one attached hydrogen (secondary N) is 1. The molecule has 15 heavy (non-hydrogen) atoms. The zero-order valence-corrected chi connectivity index (χ0v) is 8.90. The summed E-state index contributed by atoms with van der Waals surface area (Å²) in [4.78, 5) is 1.64. The van der Waals surface area contributed by atoms with E-state index in [0.717, 1.165) is 12.8 Å². The SMILES string of the molecule is CNC1CCCN(C2(C(F)(F)F)CC2)C1. The molecule has 0 aromatic heterocycles. The van der Waals surface area contributed by atoms with Crippen LogP contribution < -0.4 is 5.32 Å². The molecule has 1 aliphatic carbocycles. The lowest BCUT2D eigenvalue weighted by atomic mass is 10.0. The van der Waals surface area contributed by atoms with E-state index in [1.165, 1.54) is 0 Å². The molecule has 1 atom stereocenters. The van der Waals surface area contributed by atoms with Gasteiger partial charge >= 0.3 is 6.18 Å². The van der Waals surface area contributed by atoms with E-state index < -0.39 is 11.7 Å². The Kier molecular flexibility index (Phi) is 2.71. The van der Waals surface area contributed by atoms with Crippen molar-refractivity contribution in [2.24, 2.45) is 0 Å². The molecule has 1 N–H and O–H groups in total. The second-order valence-electron chi connectivity index (χ2n) is 4.60. The molecule has 88 valence electrons. The number of alkyl halides is 3. The normalized spacial score (nSPS) is 31.6. The monoisotopic (exact) mass is 222 g/mol. The Morgan fingerprint density at radius 2 is 2.00 bits per heavy atom. The first-order valence-corrected chi connectivity index (χ1v) is 5.49. The fourth-order valence-corrected chi connectivity index (χ4v) is 2.50. The molecule has 1 saturated carbocycles. The summed E-state index contributed by atoms with van der Waals surface area (Å²) in [5.41, 5.74) is -1.47. The highest BCUT2D eigenvalue weighted by atomic mass is 19.4. The molecule has 2 rings (SSSR count). The minimum Gasteiger partial charge on any atom is -0.316 e. The Balaban J connectivity index is 2.04. The lowest BCUT2D eigenvalue weighted by Crippen LogP contribution is -2.55. The van der Waals surface area contributed by atoms with Crippen LogP contribution >= 0.6 is 0 Å². The first kappa shape index (κ1) is 11.2. The number of hydrogen-bond donors (Lipinski definition) is 1. The molecule has 2 aliphatic rings. The van der Waals surface area contributed by atoms with Gasteiger partial charge in [0.2, 0.25) is 0 Å². The zero-order chi connectivity index (χ0) is 11.1. The number of halogens is 3. The molecular weight excluding hydrogens is 205 g/mol. The van der Waals surface area contributed by atoms with Crippen LogP contribution in [0.2, 0.25) is 0 Å². The van der Waals surface area contributed by atoms with Gasteiger partial charge in [0.1, 0.15) is 5.54 Å². The number of likely N-dealkylation sites (N-methyl/N-ethyl adjacent to an activating group) is 1. The van der Waals surface area contributed by atoms with E-state index in [9.17, 15) is 13.2 Å². The van der Waals surface area contributed by atoms with E-state index in [1.54, 1.807) is 4.90 Å². The maximum atomic E-state index is 12.8. The highest BCUT2D eigenvalue weighted by Crippen LogP contribution is 2.54. The predicted molar refractivity (Wildman–Crippen MR) is 51.7 cm³/mol. The van der Waals surface area contributed by atoms with Crippen LogP contribution in [0.5, 0.6) is 0 Å². The molecular formula is C10H17F3N2. The molecule has 1 aliphatic heterocycles. The molecule has 1 saturated heterocycles. The van der Waals surface area contributed by atoms with Gasteiger partial charge in [-0.15, -0.1) is 0 Å². The summed E-state index contributed by atoms with van der Waals surface area (Å²) < 4.78 is 38.5. The molecule has 0 aromatic rings. The van der Waals surface area contributed by atoms with Crippen molar-refractivity contribution in [3.8, 4) is 0 Å². The molecule has 2 nitrogen and oxygen atoms in total. The lowest BCUT2D eigenvalue weighted by Gasteiger charge is -2.39. The first-order valence-electron chi connectivity index (χ1n) is 5.49.